The minimum absolute atomic E-state index is 0.128. The predicted octanol–water partition coefficient (Wildman–Crippen LogP) is 0.907. The maximum absolute atomic E-state index is 12.4. The van der Waals surface area contributed by atoms with Crippen LogP contribution >= 0.6 is 0 Å². The topological polar surface area (TPSA) is 68.2 Å². The summed E-state index contributed by atoms with van der Waals surface area (Å²) in [5.41, 5.74) is 0. The van der Waals surface area contributed by atoms with Gasteiger partial charge in [0.2, 0.25) is 11.8 Å². The molecule has 0 bridgehead atoms. The van der Waals surface area contributed by atoms with Gasteiger partial charge >= 0.3 is 0 Å². The average molecular weight is 351 g/mol. The number of nitrogens with zero attached hydrogens (tertiary/aromatic N) is 4. The molecular weight excluding hydrogens is 318 g/mol. The lowest BCUT2D eigenvalue weighted by Crippen LogP contribution is -2.53. The molecule has 7 heteroatoms. The molecule has 0 aliphatic carbocycles. The van der Waals surface area contributed by atoms with Gasteiger partial charge in [0.25, 0.3) is 0 Å². The zero-order valence-corrected chi connectivity index (χ0v) is 16.0. The third kappa shape index (κ3) is 5.61. The standard InChI is InChI=1S/C18H33N5O2/c1-4-19-18(22-13-11-21(12-14-22)16(3)24)20-9-8-17(25)23-10-6-5-7-15(23)2/h15H,4-14H2,1-3H3,(H,19,20). The number of piperazine rings is 1. The van der Waals surface area contributed by atoms with Gasteiger partial charge in [0.05, 0.1) is 6.54 Å². The first-order valence-corrected chi connectivity index (χ1v) is 9.61. The molecule has 7 nitrogen and oxygen atoms in total. The van der Waals surface area contributed by atoms with Gasteiger partial charge in [0.15, 0.2) is 5.96 Å². The number of hydrogen-bond donors (Lipinski definition) is 1. The maximum atomic E-state index is 12.4. The van der Waals surface area contributed by atoms with Crippen LogP contribution in [0, 0.1) is 0 Å². The van der Waals surface area contributed by atoms with Crippen LogP contribution in [0.3, 0.4) is 0 Å². The van der Waals surface area contributed by atoms with E-state index in [-0.39, 0.29) is 11.8 Å². The van der Waals surface area contributed by atoms with Crippen molar-refractivity contribution in [2.75, 3.05) is 45.8 Å². The SMILES string of the molecule is CCNC(=NCCC(=O)N1CCCCC1C)N1CCN(C(C)=O)CC1. The number of piperidine rings is 1. The zero-order valence-electron chi connectivity index (χ0n) is 16.0. The van der Waals surface area contributed by atoms with Gasteiger partial charge in [-0.3, -0.25) is 14.6 Å². The zero-order chi connectivity index (χ0) is 18.2. The maximum Gasteiger partial charge on any atom is 0.224 e. The molecule has 2 amide bonds. The average Bonchev–Trinajstić information content (AvgIpc) is 2.61. The minimum atomic E-state index is 0.128. The van der Waals surface area contributed by atoms with E-state index in [1.807, 2.05) is 16.7 Å². The molecule has 142 valence electrons. The quantitative estimate of drug-likeness (QED) is 0.604. The second-order valence-corrected chi connectivity index (χ2v) is 6.91. The number of rotatable bonds is 4. The summed E-state index contributed by atoms with van der Waals surface area (Å²) >= 11 is 0. The number of amides is 2. The molecular formula is C18H33N5O2. The molecule has 0 radical (unpaired) electrons. The van der Waals surface area contributed by atoms with E-state index in [2.05, 4.69) is 22.1 Å². The van der Waals surface area contributed by atoms with Gasteiger partial charge in [-0.15, -0.1) is 0 Å². The first-order valence-electron chi connectivity index (χ1n) is 9.61. The highest BCUT2D eigenvalue weighted by Gasteiger charge is 2.23. The summed E-state index contributed by atoms with van der Waals surface area (Å²) in [5, 5.41) is 3.31. The van der Waals surface area contributed by atoms with Crippen molar-refractivity contribution in [3.63, 3.8) is 0 Å². The summed E-state index contributed by atoms with van der Waals surface area (Å²) in [6.45, 7) is 11.0. The largest absolute Gasteiger partial charge is 0.357 e. The molecule has 0 aromatic heterocycles. The van der Waals surface area contributed by atoms with Crippen LogP contribution in [-0.4, -0.2) is 84.3 Å². The Kier molecular flexibility index (Phi) is 7.52. The highest BCUT2D eigenvalue weighted by atomic mass is 16.2. The Balaban J connectivity index is 1.85. The summed E-state index contributed by atoms with van der Waals surface area (Å²) in [5.74, 6) is 1.20. The number of hydrogen-bond acceptors (Lipinski definition) is 3. The Hall–Kier alpha value is -1.79. The van der Waals surface area contributed by atoms with Crippen molar-refractivity contribution in [3.8, 4) is 0 Å². The van der Waals surface area contributed by atoms with Gasteiger partial charge in [-0.05, 0) is 33.1 Å². The molecule has 2 aliphatic rings. The van der Waals surface area contributed by atoms with Gasteiger partial charge in [-0.25, -0.2) is 0 Å². The molecule has 1 unspecified atom stereocenters. The highest BCUT2D eigenvalue weighted by molar-refractivity contribution is 5.81. The Morgan fingerprint density at radius 2 is 1.76 bits per heavy atom. The van der Waals surface area contributed by atoms with Crippen LogP contribution in [0.4, 0.5) is 0 Å². The lowest BCUT2D eigenvalue weighted by Gasteiger charge is -2.36. The summed E-state index contributed by atoms with van der Waals surface area (Å²) in [4.78, 5) is 34.6. The van der Waals surface area contributed by atoms with Crippen molar-refractivity contribution in [2.24, 2.45) is 4.99 Å². The second kappa shape index (κ2) is 9.63. The van der Waals surface area contributed by atoms with Gasteiger partial charge in [0.1, 0.15) is 0 Å². The van der Waals surface area contributed by atoms with Crippen molar-refractivity contribution in [1.29, 1.82) is 0 Å². The van der Waals surface area contributed by atoms with E-state index in [1.165, 1.54) is 6.42 Å². The van der Waals surface area contributed by atoms with Crippen LogP contribution in [0.2, 0.25) is 0 Å². The van der Waals surface area contributed by atoms with Gasteiger partial charge in [-0.1, -0.05) is 0 Å². The number of carbonyl (C=O) groups is 2. The summed E-state index contributed by atoms with van der Waals surface area (Å²) in [6, 6.07) is 0.359. The van der Waals surface area contributed by atoms with Gasteiger partial charge in [-0.2, -0.15) is 0 Å². The van der Waals surface area contributed by atoms with Crippen LogP contribution in [-0.2, 0) is 9.59 Å². The lowest BCUT2D eigenvalue weighted by atomic mass is 10.0. The van der Waals surface area contributed by atoms with E-state index in [4.69, 9.17) is 0 Å². The third-order valence-corrected chi connectivity index (χ3v) is 5.07. The molecule has 0 aromatic rings. The molecule has 0 saturated carbocycles. The van der Waals surface area contributed by atoms with E-state index in [0.717, 1.165) is 58.1 Å². The molecule has 2 heterocycles. The molecule has 2 saturated heterocycles. The van der Waals surface area contributed by atoms with Crippen LogP contribution < -0.4 is 5.32 Å². The van der Waals surface area contributed by atoms with Gasteiger partial charge in [0, 0.05) is 58.7 Å². The molecule has 2 rings (SSSR count). The van der Waals surface area contributed by atoms with Crippen molar-refractivity contribution in [3.05, 3.63) is 0 Å². The van der Waals surface area contributed by atoms with E-state index in [0.29, 0.717) is 19.0 Å². The fourth-order valence-electron chi connectivity index (χ4n) is 3.53. The Morgan fingerprint density at radius 3 is 2.36 bits per heavy atom. The van der Waals surface area contributed by atoms with Crippen molar-refractivity contribution in [2.45, 2.75) is 52.5 Å². The molecule has 0 aromatic carbocycles. The van der Waals surface area contributed by atoms with E-state index in [9.17, 15) is 9.59 Å². The van der Waals surface area contributed by atoms with Crippen molar-refractivity contribution < 1.29 is 9.59 Å². The van der Waals surface area contributed by atoms with Crippen LogP contribution in [0.1, 0.15) is 46.5 Å². The van der Waals surface area contributed by atoms with Gasteiger partial charge < -0.3 is 20.0 Å². The van der Waals surface area contributed by atoms with E-state index >= 15 is 0 Å². The Morgan fingerprint density at radius 1 is 1.08 bits per heavy atom. The number of guanidine groups is 1. The molecule has 0 spiro atoms. The first kappa shape index (κ1) is 19.5. The smallest absolute Gasteiger partial charge is 0.224 e. The highest BCUT2D eigenvalue weighted by Crippen LogP contribution is 2.17. The molecule has 2 aliphatic heterocycles. The summed E-state index contributed by atoms with van der Waals surface area (Å²) in [7, 11) is 0. The molecule has 1 N–H and O–H groups in total. The second-order valence-electron chi connectivity index (χ2n) is 6.91. The normalized spacial score (nSPS) is 22.1. The number of aliphatic imine (C=N–C) groups is 1. The van der Waals surface area contributed by atoms with Crippen LogP contribution in [0.15, 0.2) is 4.99 Å². The lowest BCUT2D eigenvalue weighted by molar-refractivity contribution is -0.134. The monoisotopic (exact) mass is 351 g/mol. The molecule has 25 heavy (non-hydrogen) atoms. The molecule has 1 atom stereocenters. The van der Waals surface area contributed by atoms with Crippen molar-refractivity contribution >= 4 is 17.8 Å². The Bertz CT molecular complexity index is 486. The van der Waals surface area contributed by atoms with Crippen LogP contribution in [0.5, 0.6) is 0 Å². The summed E-state index contributed by atoms with van der Waals surface area (Å²) in [6.07, 6.45) is 3.91. The predicted molar refractivity (Wildman–Crippen MR) is 99.4 cm³/mol. The van der Waals surface area contributed by atoms with E-state index in [1.54, 1.807) is 6.92 Å². The first-order chi connectivity index (χ1) is 12.0. The number of carbonyl (C=O) groups excluding carboxylic acids is 2. The fraction of sp³-hybridized carbons (Fsp3) is 0.833. The minimum Gasteiger partial charge on any atom is -0.357 e. The number of nitrogens with one attached hydrogen (secondary N) is 1. The molecule has 2 fully saturated rings. The summed E-state index contributed by atoms with van der Waals surface area (Å²) < 4.78 is 0. The number of likely N-dealkylation sites (tertiary alicyclic amines) is 1. The van der Waals surface area contributed by atoms with Crippen molar-refractivity contribution in [1.82, 2.24) is 20.0 Å². The van der Waals surface area contributed by atoms with Crippen LogP contribution in [0.25, 0.3) is 0 Å². The third-order valence-electron chi connectivity index (χ3n) is 5.07. The van der Waals surface area contributed by atoms with E-state index < -0.39 is 0 Å². The fourth-order valence-corrected chi connectivity index (χ4v) is 3.53. The Labute approximate surface area is 151 Å².